The molecular weight excluding hydrogens is 453 g/mol. The molecule has 7 nitrogen and oxygen atoms in total. The number of hydrogen-bond donors (Lipinski definition) is 1. The molecule has 10 heteroatoms. The molecule has 2 aliphatic rings. The van der Waals surface area contributed by atoms with Gasteiger partial charge in [-0.25, -0.2) is 4.79 Å². The Labute approximate surface area is 192 Å². The van der Waals surface area contributed by atoms with Gasteiger partial charge >= 0.3 is 12.1 Å². The molecule has 0 aromatic heterocycles. The normalized spacial score (nSPS) is 19.7. The first-order chi connectivity index (χ1) is 16.2. The van der Waals surface area contributed by atoms with Crippen molar-refractivity contribution in [3.05, 3.63) is 71.8 Å². The Morgan fingerprint density at radius 1 is 0.971 bits per heavy atom. The van der Waals surface area contributed by atoms with Gasteiger partial charge in [0.2, 0.25) is 11.8 Å². The van der Waals surface area contributed by atoms with Gasteiger partial charge in [-0.15, -0.1) is 0 Å². The molecule has 0 spiro atoms. The van der Waals surface area contributed by atoms with Gasteiger partial charge in [0.25, 0.3) is 5.91 Å². The van der Waals surface area contributed by atoms with Crippen LogP contribution in [-0.2, 0) is 25.3 Å². The Hall–Kier alpha value is -3.95. The molecule has 2 aromatic carbocycles. The number of ether oxygens (including phenoxy) is 1. The van der Waals surface area contributed by atoms with Gasteiger partial charge in [0, 0.05) is 0 Å². The average molecular weight is 472 g/mol. The number of carbonyl (C=O) groups excluding carboxylic acids is 4. The smallest absolute Gasteiger partial charge is 0.418 e. The minimum atomic E-state index is -4.67. The predicted octanol–water partition coefficient (Wildman–Crippen LogP) is 3.96. The van der Waals surface area contributed by atoms with E-state index in [1.54, 1.807) is 0 Å². The Kier molecular flexibility index (Phi) is 6.23. The standard InChI is InChI=1S/C24H19F3N2O5/c25-24(26,27)18-10-3-4-11-19(18)28-20(30)13-34-23(33)14-6-5-7-15(12-14)29-21(31)16-8-1-2-9-17(16)22(29)32/h1-7,10-12,16-17H,8-9,13H2,(H,28,30)/t16-,17-/m0/s1. The first-order valence-electron chi connectivity index (χ1n) is 10.4. The summed E-state index contributed by atoms with van der Waals surface area (Å²) in [6.07, 6.45) is 0.00266. The molecule has 1 fully saturated rings. The monoisotopic (exact) mass is 472 g/mol. The van der Waals surface area contributed by atoms with Gasteiger partial charge in [-0.3, -0.25) is 19.3 Å². The van der Waals surface area contributed by atoms with E-state index in [1.807, 2.05) is 12.2 Å². The number of imide groups is 1. The summed E-state index contributed by atoms with van der Waals surface area (Å²) in [6.45, 7) is -0.827. The molecule has 1 saturated heterocycles. The highest BCUT2D eigenvalue weighted by Crippen LogP contribution is 2.38. The van der Waals surface area contributed by atoms with Crippen LogP contribution < -0.4 is 10.2 Å². The largest absolute Gasteiger partial charge is 0.452 e. The Morgan fingerprint density at radius 2 is 1.62 bits per heavy atom. The summed E-state index contributed by atoms with van der Waals surface area (Å²) in [4.78, 5) is 51.0. The van der Waals surface area contributed by atoms with Crippen LogP contribution in [0.2, 0.25) is 0 Å². The van der Waals surface area contributed by atoms with Gasteiger partial charge < -0.3 is 10.1 Å². The van der Waals surface area contributed by atoms with Crippen LogP contribution in [0.3, 0.4) is 0 Å². The van der Waals surface area contributed by atoms with E-state index in [2.05, 4.69) is 5.32 Å². The lowest BCUT2D eigenvalue weighted by molar-refractivity contribution is -0.137. The van der Waals surface area contributed by atoms with Crippen LogP contribution in [0.1, 0.15) is 28.8 Å². The van der Waals surface area contributed by atoms with E-state index in [0.717, 1.165) is 17.0 Å². The van der Waals surface area contributed by atoms with E-state index in [1.165, 1.54) is 36.4 Å². The van der Waals surface area contributed by atoms with E-state index in [4.69, 9.17) is 4.74 Å². The molecule has 0 saturated carbocycles. The minimum Gasteiger partial charge on any atom is -0.452 e. The van der Waals surface area contributed by atoms with Crippen LogP contribution in [0.4, 0.5) is 24.5 Å². The van der Waals surface area contributed by atoms with Gasteiger partial charge in [-0.1, -0.05) is 30.4 Å². The topological polar surface area (TPSA) is 92.8 Å². The molecule has 1 aliphatic carbocycles. The van der Waals surface area contributed by atoms with Crippen molar-refractivity contribution in [2.75, 3.05) is 16.8 Å². The first kappa shape index (κ1) is 23.2. The lowest BCUT2D eigenvalue weighted by Crippen LogP contribution is -2.31. The third kappa shape index (κ3) is 4.57. The molecule has 0 radical (unpaired) electrons. The van der Waals surface area contributed by atoms with Crippen LogP contribution in [0.15, 0.2) is 60.7 Å². The van der Waals surface area contributed by atoms with Gasteiger partial charge in [-0.05, 0) is 43.2 Å². The van der Waals surface area contributed by atoms with E-state index >= 15 is 0 Å². The van der Waals surface area contributed by atoms with E-state index < -0.39 is 47.7 Å². The van der Waals surface area contributed by atoms with Crippen LogP contribution in [0, 0.1) is 11.8 Å². The summed E-state index contributed by atoms with van der Waals surface area (Å²) in [5.41, 5.74) is -1.30. The zero-order chi connectivity index (χ0) is 24.5. The number of esters is 1. The number of allylic oxidation sites excluding steroid dienone is 2. The molecule has 1 N–H and O–H groups in total. The van der Waals surface area contributed by atoms with Crippen LogP contribution in [0.25, 0.3) is 0 Å². The van der Waals surface area contributed by atoms with Gasteiger partial charge in [0.15, 0.2) is 6.61 Å². The third-order valence-corrected chi connectivity index (χ3v) is 5.69. The summed E-state index contributed by atoms with van der Waals surface area (Å²) in [5.74, 6) is -3.44. The molecule has 0 unspecified atom stereocenters. The molecule has 2 aromatic rings. The fourth-order valence-corrected chi connectivity index (χ4v) is 4.07. The zero-order valence-corrected chi connectivity index (χ0v) is 17.7. The van der Waals surface area contributed by atoms with Crippen molar-refractivity contribution in [3.63, 3.8) is 0 Å². The second kappa shape index (κ2) is 9.12. The van der Waals surface area contributed by atoms with Crippen molar-refractivity contribution in [1.82, 2.24) is 0 Å². The Balaban J connectivity index is 1.41. The highest BCUT2D eigenvalue weighted by atomic mass is 19.4. The van der Waals surface area contributed by atoms with Crippen molar-refractivity contribution >= 4 is 35.1 Å². The number of para-hydroxylation sites is 1. The van der Waals surface area contributed by atoms with Gasteiger partial charge in [0.05, 0.1) is 34.3 Å². The number of carbonyl (C=O) groups is 4. The van der Waals surface area contributed by atoms with E-state index in [9.17, 15) is 32.3 Å². The number of nitrogens with zero attached hydrogens (tertiary/aromatic N) is 1. The molecular formula is C24H19F3N2O5. The number of fused-ring (bicyclic) bond motifs is 1. The second-order valence-electron chi connectivity index (χ2n) is 7.89. The maximum atomic E-state index is 13.1. The number of hydrogen-bond acceptors (Lipinski definition) is 5. The minimum absolute atomic E-state index is 0.0189. The van der Waals surface area contributed by atoms with Crippen molar-refractivity contribution in [1.29, 1.82) is 0 Å². The lowest BCUT2D eigenvalue weighted by Gasteiger charge is -2.16. The molecule has 2 atom stereocenters. The predicted molar refractivity (Wildman–Crippen MR) is 115 cm³/mol. The van der Waals surface area contributed by atoms with Crippen molar-refractivity contribution in [3.8, 4) is 0 Å². The summed E-state index contributed by atoms with van der Waals surface area (Å²) in [5, 5.41) is 2.08. The zero-order valence-electron chi connectivity index (χ0n) is 17.7. The number of anilines is 2. The molecule has 0 bridgehead atoms. The summed E-state index contributed by atoms with van der Waals surface area (Å²) >= 11 is 0. The second-order valence-corrected chi connectivity index (χ2v) is 7.89. The molecule has 34 heavy (non-hydrogen) atoms. The fraction of sp³-hybridized carbons (Fsp3) is 0.250. The molecule has 3 amide bonds. The maximum absolute atomic E-state index is 13.1. The number of halogens is 3. The number of nitrogens with one attached hydrogen (secondary N) is 1. The number of benzene rings is 2. The summed E-state index contributed by atoms with van der Waals surface area (Å²) in [7, 11) is 0. The van der Waals surface area contributed by atoms with Gasteiger partial charge in [-0.2, -0.15) is 13.2 Å². The summed E-state index contributed by atoms with van der Waals surface area (Å²) in [6, 6.07) is 10.1. The average Bonchev–Trinajstić information content (AvgIpc) is 3.07. The SMILES string of the molecule is O=C(COC(=O)c1cccc(N2C(=O)[C@H]3CC=CC[C@@H]3C2=O)c1)Nc1ccccc1C(F)(F)F. The van der Waals surface area contributed by atoms with Gasteiger partial charge in [0.1, 0.15) is 0 Å². The molecule has 1 aliphatic heterocycles. The Bertz CT molecular complexity index is 1170. The lowest BCUT2D eigenvalue weighted by atomic mass is 9.85. The highest BCUT2D eigenvalue weighted by Gasteiger charge is 2.47. The highest BCUT2D eigenvalue weighted by molar-refractivity contribution is 6.22. The van der Waals surface area contributed by atoms with Crippen molar-refractivity contribution in [2.45, 2.75) is 19.0 Å². The molecule has 4 rings (SSSR count). The number of alkyl halides is 3. The van der Waals surface area contributed by atoms with Crippen LogP contribution in [0.5, 0.6) is 0 Å². The maximum Gasteiger partial charge on any atom is 0.418 e. The first-order valence-corrected chi connectivity index (χ1v) is 10.4. The van der Waals surface area contributed by atoms with Crippen molar-refractivity contribution < 1.29 is 37.1 Å². The number of amides is 3. The van der Waals surface area contributed by atoms with Crippen molar-refractivity contribution in [2.24, 2.45) is 11.8 Å². The van der Waals surface area contributed by atoms with E-state index in [0.29, 0.717) is 12.8 Å². The Morgan fingerprint density at radius 3 is 2.26 bits per heavy atom. The fourth-order valence-electron chi connectivity index (χ4n) is 4.07. The quantitative estimate of drug-likeness (QED) is 0.404. The van der Waals surface area contributed by atoms with Crippen LogP contribution in [-0.4, -0.2) is 30.3 Å². The number of rotatable bonds is 5. The summed E-state index contributed by atoms with van der Waals surface area (Å²) < 4.78 is 44.1. The molecule has 1 heterocycles. The molecule has 176 valence electrons. The van der Waals surface area contributed by atoms with Crippen LogP contribution >= 0.6 is 0 Å². The third-order valence-electron chi connectivity index (χ3n) is 5.69. The van der Waals surface area contributed by atoms with E-state index in [-0.39, 0.29) is 23.1 Å².